The minimum atomic E-state index is -0.492. The van der Waals surface area contributed by atoms with Crippen molar-refractivity contribution >= 4 is 71.3 Å². The van der Waals surface area contributed by atoms with E-state index >= 15 is 0 Å². The van der Waals surface area contributed by atoms with E-state index in [1.807, 2.05) is 18.2 Å². The molecule has 10 rings (SSSR count). The summed E-state index contributed by atoms with van der Waals surface area (Å²) in [5.41, 5.74) is 5.52. The highest BCUT2D eigenvalue weighted by molar-refractivity contribution is 6.44. The summed E-state index contributed by atoms with van der Waals surface area (Å²) in [7, 11) is 0. The van der Waals surface area contributed by atoms with Gasteiger partial charge in [-0.15, -0.1) is 0 Å². The van der Waals surface area contributed by atoms with Crippen molar-refractivity contribution in [3.63, 3.8) is 0 Å². The first kappa shape index (κ1) is 21.0. The molecule has 182 valence electrons. The molecule has 3 aliphatic carbocycles. The van der Waals surface area contributed by atoms with Crippen LogP contribution in [0.4, 0.5) is 0 Å². The molecule has 0 radical (unpaired) electrons. The largest absolute Gasteiger partial charge is 0.309 e. The predicted molar refractivity (Wildman–Crippen MR) is 159 cm³/mol. The van der Waals surface area contributed by atoms with E-state index in [9.17, 15) is 9.59 Å². The lowest BCUT2D eigenvalue weighted by molar-refractivity contribution is -0.139. The Labute approximate surface area is 223 Å². The van der Waals surface area contributed by atoms with Crippen LogP contribution in [0.3, 0.4) is 0 Å². The SMILES string of the molecule is O=C1C(=O)C2C=CC1C=C2c1ccc2ccc3ccc(-n4c5ccccc5c5ccccc54)c4ccc1c2c34. The summed E-state index contributed by atoms with van der Waals surface area (Å²) in [5, 5.41) is 9.60. The number of ketones is 2. The van der Waals surface area contributed by atoms with Gasteiger partial charge in [0, 0.05) is 16.2 Å². The van der Waals surface area contributed by atoms with Crippen molar-refractivity contribution in [1.82, 2.24) is 4.57 Å². The van der Waals surface area contributed by atoms with Gasteiger partial charge in [-0.25, -0.2) is 0 Å². The maximum absolute atomic E-state index is 12.8. The lowest BCUT2D eigenvalue weighted by Gasteiger charge is -2.29. The van der Waals surface area contributed by atoms with Gasteiger partial charge in [0.05, 0.1) is 28.6 Å². The van der Waals surface area contributed by atoms with Gasteiger partial charge in [0.2, 0.25) is 11.6 Å². The lowest BCUT2D eigenvalue weighted by Crippen LogP contribution is -2.36. The third-order valence-corrected chi connectivity index (χ3v) is 8.81. The third kappa shape index (κ3) is 2.62. The smallest absolute Gasteiger partial charge is 0.210 e. The fourth-order valence-corrected chi connectivity index (χ4v) is 7.07. The molecule has 1 aromatic heterocycles. The predicted octanol–water partition coefficient (Wildman–Crippen LogP) is 8.02. The number of hydrogen-bond donors (Lipinski definition) is 0. The van der Waals surface area contributed by atoms with Crippen LogP contribution in [0.15, 0.2) is 115 Å². The number of nitrogens with zero attached hydrogens (tertiary/aromatic N) is 1. The van der Waals surface area contributed by atoms with Crippen LogP contribution >= 0.6 is 0 Å². The van der Waals surface area contributed by atoms with E-state index in [0.717, 1.165) is 22.2 Å². The maximum Gasteiger partial charge on any atom is 0.210 e. The van der Waals surface area contributed by atoms with E-state index in [1.54, 1.807) is 0 Å². The Kier molecular flexibility index (Phi) is 3.92. The van der Waals surface area contributed by atoms with Crippen LogP contribution in [-0.4, -0.2) is 16.1 Å². The third-order valence-electron chi connectivity index (χ3n) is 8.81. The first-order valence-electron chi connectivity index (χ1n) is 13.4. The molecular formula is C36H21NO2. The molecule has 2 bridgehead atoms. The van der Waals surface area contributed by atoms with Gasteiger partial charge >= 0.3 is 0 Å². The van der Waals surface area contributed by atoms with Gasteiger partial charge in [0.25, 0.3) is 0 Å². The molecule has 3 heteroatoms. The van der Waals surface area contributed by atoms with Crippen LogP contribution in [0.1, 0.15) is 5.56 Å². The molecule has 0 amide bonds. The Bertz CT molecular complexity index is 2230. The van der Waals surface area contributed by atoms with Gasteiger partial charge in [-0.05, 0) is 56.3 Å². The Hall–Kier alpha value is -5.02. The summed E-state index contributed by atoms with van der Waals surface area (Å²) in [5.74, 6) is -1.52. The Balaban J connectivity index is 1.38. The first-order valence-corrected chi connectivity index (χ1v) is 13.4. The highest BCUT2D eigenvalue weighted by atomic mass is 16.2. The summed E-state index contributed by atoms with van der Waals surface area (Å²) in [6.45, 7) is 0. The van der Waals surface area contributed by atoms with Gasteiger partial charge in [0.1, 0.15) is 0 Å². The summed E-state index contributed by atoms with van der Waals surface area (Å²) in [4.78, 5) is 25.2. The van der Waals surface area contributed by atoms with E-state index in [1.165, 1.54) is 48.7 Å². The van der Waals surface area contributed by atoms with Crippen molar-refractivity contribution in [3.05, 3.63) is 121 Å². The molecule has 2 unspecified atom stereocenters. The normalized spacial score (nSPS) is 18.9. The van der Waals surface area contributed by atoms with Crippen molar-refractivity contribution in [2.24, 2.45) is 11.8 Å². The molecule has 0 saturated carbocycles. The van der Waals surface area contributed by atoms with Gasteiger partial charge in [-0.1, -0.05) is 97.1 Å². The second-order valence-corrected chi connectivity index (χ2v) is 10.7. The second kappa shape index (κ2) is 7.30. The molecule has 0 fully saturated rings. The topological polar surface area (TPSA) is 39.1 Å². The minimum Gasteiger partial charge on any atom is -0.309 e. The molecule has 39 heavy (non-hydrogen) atoms. The van der Waals surface area contributed by atoms with Crippen molar-refractivity contribution in [2.75, 3.05) is 0 Å². The fraction of sp³-hybridized carbons (Fsp3) is 0.0556. The molecule has 0 N–H and O–H groups in total. The first-order chi connectivity index (χ1) is 19.2. The summed E-state index contributed by atoms with van der Waals surface area (Å²) >= 11 is 0. The van der Waals surface area contributed by atoms with Crippen molar-refractivity contribution in [2.45, 2.75) is 0 Å². The average Bonchev–Trinajstić information content (AvgIpc) is 3.32. The maximum atomic E-state index is 12.8. The van der Waals surface area contributed by atoms with Crippen molar-refractivity contribution in [1.29, 1.82) is 0 Å². The van der Waals surface area contributed by atoms with Crippen molar-refractivity contribution in [3.8, 4) is 5.69 Å². The zero-order chi connectivity index (χ0) is 25.8. The van der Waals surface area contributed by atoms with E-state index in [0.29, 0.717) is 0 Å². The van der Waals surface area contributed by atoms with Crippen LogP contribution < -0.4 is 0 Å². The van der Waals surface area contributed by atoms with Gasteiger partial charge in [-0.3, -0.25) is 9.59 Å². The van der Waals surface area contributed by atoms with E-state index in [2.05, 4.69) is 102 Å². The average molecular weight is 500 g/mol. The molecule has 0 saturated heterocycles. The zero-order valence-corrected chi connectivity index (χ0v) is 20.9. The van der Waals surface area contributed by atoms with Gasteiger partial charge < -0.3 is 4.57 Å². The van der Waals surface area contributed by atoms with E-state index in [-0.39, 0.29) is 11.6 Å². The Morgan fingerprint density at radius 2 is 1.15 bits per heavy atom. The molecule has 3 aliphatic rings. The van der Waals surface area contributed by atoms with E-state index < -0.39 is 11.8 Å². The number of Topliss-reactive ketones (excluding diaryl/α,β-unsaturated/α-hetero) is 2. The molecule has 1 heterocycles. The number of rotatable bonds is 2. The van der Waals surface area contributed by atoms with Crippen LogP contribution in [0.2, 0.25) is 0 Å². The number of benzene rings is 6. The number of aromatic nitrogens is 1. The monoisotopic (exact) mass is 499 g/mol. The molecule has 6 aromatic carbocycles. The van der Waals surface area contributed by atoms with Gasteiger partial charge in [-0.2, -0.15) is 0 Å². The molecule has 7 aromatic rings. The number of allylic oxidation sites excluding steroid dienone is 4. The number of fused-ring (bicyclic) bond motifs is 4. The fourth-order valence-electron chi connectivity index (χ4n) is 7.07. The summed E-state index contributed by atoms with van der Waals surface area (Å²) in [6, 6.07) is 34.8. The molecular weight excluding hydrogens is 478 g/mol. The molecule has 3 nitrogen and oxygen atoms in total. The minimum absolute atomic E-state index is 0.292. The van der Waals surface area contributed by atoms with Crippen LogP contribution in [0.25, 0.3) is 65.4 Å². The highest BCUT2D eigenvalue weighted by Gasteiger charge is 2.39. The molecule has 2 atom stereocenters. The number of carbonyl (C=O) groups excluding carboxylic acids is 2. The van der Waals surface area contributed by atoms with Crippen LogP contribution in [-0.2, 0) is 9.59 Å². The number of para-hydroxylation sites is 2. The quantitative estimate of drug-likeness (QED) is 0.137. The lowest BCUT2D eigenvalue weighted by atomic mass is 9.72. The van der Waals surface area contributed by atoms with Crippen LogP contribution in [0.5, 0.6) is 0 Å². The Morgan fingerprint density at radius 3 is 1.87 bits per heavy atom. The van der Waals surface area contributed by atoms with Crippen molar-refractivity contribution < 1.29 is 9.59 Å². The highest BCUT2D eigenvalue weighted by Crippen LogP contribution is 2.45. The standard InChI is InChI=1S/C36H21NO2/c38-35-22-12-15-27(36(35)39)29(19-22)23-14-11-20-9-10-21-13-18-32(28-17-16-26(23)33(20)34(21)28)37-30-7-3-1-5-24(30)25-6-2-4-8-31(25)37/h1-19,22,27H. The molecule has 0 spiro atoms. The summed E-state index contributed by atoms with van der Waals surface area (Å²) in [6.07, 6.45) is 5.76. The zero-order valence-electron chi connectivity index (χ0n) is 20.9. The van der Waals surface area contributed by atoms with E-state index in [4.69, 9.17) is 0 Å². The number of carbonyl (C=O) groups is 2. The van der Waals surface area contributed by atoms with Crippen LogP contribution in [0, 0.1) is 11.8 Å². The Morgan fingerprint density at radius 1 is 0.538 bits per heavy atom. The molecule has 0 aliphatic heterocycles. The second-order valence-electron chi connectivity index (χ2n) is 10.7. The number of hydrogen-bond acceptors (Lipinski definition) is 2. The van der Waals surface area contributed by atoms with Gasteiger partial charge in [0.15, 0.2) is 0 Å². The summed E-state index contributed by atoms with van der Waals surface area (Å²) < 4.78 is 2.38.